The van der Waals surface area contributed by atoms with E-state index in [0.717, 1.165) is 44.2 Å². The Kier molecular flexibility index (Phi) is 3.31. The Bertz CT molecular complexity index is 919. The van der Waals surface area contributed by atoms with Crippen molar-refractivity contribution in [2.75, 3.05) is 31.1 Å². The topological polar surface area (TPSA) is 62.5 Å². The van der Waals surface area contributed by atoms with Gasteiger partial charge in [0.15, 0.2) is 5.82 Å². The molecule has 0 spiro atoms. The molecule has 2 aliphatic heterocycles. The Labute approximate surface area is 152 Å². The van der Waals surface area contributed by atoms with Crippen molar-refractivity contribution in [3.05, 3.63) is 48.3 Å². The van der Waals surface area contributed by atoms with Gasteiger partial charge in [0, 0.05) is 49.8 Å². The van der Waals surface area contributed by atoms with Crippen molar-refractivity contribution in [3.63, 3.8) is 0 Å². The Hall–Kier alpha value is -2.54. The third kappa shape index (κ3) is 2.30. The molecule has 0 saturated carbocycles. The number of fused-ring (bicyclic) bond motifs is 2. The van der Waals surface area contributed by atoms with E-state index in [4.69, 9.17) is 0 Å². The normalized spacial score (nSPS) is 28.8. The second kappa shape index (κ2) is 5.48. The second-order valence-corrected chi connectivity index (χ2v) is 8.31. The van der Waals surface area contributed by atoms with Crippen molar-refractivity contribution in [1.29, 1.82) is 0 Å². The van der Waals surface area contributed by atoms with Gasteiger partial charge in [-0.2, -0.15) is 4.52 Å². The standard InChI is InChI=1S/C19H23N7/c1-18-11-24(10-15-6-4-3-5-7-15)12-19(18,2)14-25(13-18)16-17-21-22-23-26(17)9-8-20-16/h3-9H,10-14H2,1-2H3. The van der Waals surface area contributed by atoms with Gasteiger partial charge < -0.3 is 4.90 Å². The summed E-state index contributed by atoms with van der Waals surface area (Å²) in [6.45, 7) is 10.0. The van der Waals surface area contributed by atoms with Crippen molar-refractivity contribution in [2.24, 2.45) is 10.8 Å². The van der Waals surface area contributed by atoms with E-state index in [1.165, 1.54) is 5.56 Å². The number of tetrazole rings is 1. The first kappa shape index (κ1) is 15.7. The maximum Gasteiger partial charge on any atom is 0.221 e. The van der Waals surface area contributed by atoms with Gasteiger partial charge in [-0.15, -0.1) is 5.10 Å². The van der Waals surface area contributed by atoms with E-state index in [-0.39, 0.29) is 10.8 Å². The fourth-order valence-corrected chi connectivity index (χ4v) is 4.80. The first-order chi connectivity index (χ1) is 12.6. The van der Waals surface area contributed by atoms with Crippen LogP contribution in [0.1, 0.15) is 19.4 Å². The van der Waals surface area contributed by atoms with Crippen LogP contribution in [0.15, 0.2) is 42.7 Å². The minimum atomic E-state index is 0.226. The van der Waals surface area contributed by atoms with Gasteiger partial charge in [0.1, 0.15) is 0 Å². The number of anilines is 1. The van der Waals surface area contributed by atoms with Gasteiger partial charge in [-0.05, 0) is 16.0 Å². The van der Waals surface area contributed by atoms with Crippen molar-refractivity contribution < 1.29 is 0 Å². The lowest BCUT2D eigenvalue weighted by Gasteiger charge is -2.30. The van der Waals surface area contributed by atoms with Gasteiger partial charge >= 0.3 is 0 Å². The molecule has 7 heteroatoms. The molecule has 0 radical (unpaired) electrons. The molecule has 2 fully saturated rings. The van der Waals surface area contributed by atoms with Crippen LogP contribution in [0.4, 0.5) is 5.82 Å². The second-order valence-electron chi connectivity index (χ2n) is 8.31. The summed E-state index contributed by atoms with van der Waals surface area (Å²) in [6, 6.07) is 10.8. The zero-order valence-corrected chi connectivity index (χ0v) is 15.2. The molecule has 5 rings (SSSR count). The summed E-state index contributed by atoms with van der Waals surface area (Å²) < 4.78 is 1.70. The number of hydrogen-bond donors (Lipinski definition) is 0. The Morgan fingerprint density at radius 2 is 1.73 bits per heavy atom. The minimum Gasteiger partial charge on any atom is -0.352 e. The smallest absolute Gasteiger partial charge is 0.221 e. The SMILES string of the molecule is CC12CN(Cc3ccccc3)CC1(C)CN(c1nccn3nnnc13)C2. The Morgan fingerprint density at radius 1 is 1.00 bits per heavy atom. The predicted molar refractivity (Wildman–Crippen MR) is 98.7 cm³/mol. The number of nitrogens with zero attached hydrogens (tertiary/aromatic N) is 7. The lowest BCUT2D eigenvalue weighted by Crippen LogP contribution is -2.34. The molecule has 0 N–H and O–H groups in total. The highest BCUT2D eigenvalue weighted by molar-refractivity contribution is 5.63. The van der Waals surface area contributed by atoms with Crippen LogP contribution in [0.3, 0.4) is 0 Å². The summed E-state index contributed by atoms with van der Waals surface area (Å²) in [7, 11) is 0. The van der Waals surface area contributed by atoms with Crippen LogP contribution in [0.5, 0.6) is 0 Å². The van der Waals surface area contributed by atoms with Gasteiger partial charge in [-0.1, -0.05) is 44.2 Å². The summed E-state index contributed by atoms with van der Waals surface area (Å²) in [6.07, 6.45) is 3.57. The summed E-state index contributed by atoms with van der Waals surface area (Å²) in [5.41, 5.74) is 2.58. The maximum absolute atomic E-state index is 4.59. The molecule has 4 heterocycles. The quantitative estimate of drug-likeness (QED) is 0.719. The Morgan fingerprint density at radius 3 is 2.46 bits per heavy atom. The van der Waals surface area contributed by atoms with Gasteiger partial charge in [0.25, 0.3) is 0 Å². The maximum atomic E-state index is 4.59. The number of hydrogen-bond acceptors (Lipinski definition) is 6. The zero-order chi connectivity index (χ0) is 17.8. The van der Waals surface area contributed by atoms with Crippen LogP contribution in [0.25, 0.3) is 5.65 Å². The highest BCUT2D eigenvalue weighted by atomic mass is 15.5. The van der Waals surface area contributed by atoms with Crippen molar-refractivity contribution >= 4 is 11.5 Å². The van der Waals surface area contributed by atoms with Crippen LogP contribution in [-0.4, -0.2) is 56.1 Å². The highest BCUT2D eigenvalue weighted by Crippen LogP contribution is 2.52. The predicted octanol–water partition coefficient (Wildman–Crippen LogP) is 1.87. The third-order valence-corrected chi connectivity index (χ3v) is 6.33. The van der Waals surface area contributed by atoms with E-state index in [1.54, 1.807) is 16.9 Å². The first-order valence-electron chi connectivity index (χ1n) is 9.10. The third-order valence-electron chi connectivity index (χ3n) is 6.33. The first-order valence-corrected chi connectivity index (χ1v) is 9.10. The fourth-order valence-electron chi connectivity index (χ4n) is 4.80. The van der Waals surface area contributed by atoms with Crippen LogP contribution >= 0.6 is 0 Å². The molecule has 2 aliphatic rings. The van der Waals surface area contributed by atoms with E-state index in [0.29, 0.717) is 0 Å². The van der Waals surface area contributed by atoms with E-state index in [1.807, 2.05) is 0 Å². The van der Waals surface area contributed by atoms with Crippen LogP contribution in [0, 0.1) is 10.8 Å². The largest absolute Gasteiger partial charge is 0.352 e. The number of likely N-dealkylation sites (tertiary alicyclic amines) is 1. The summed E-state index contributed by atoms with van der Waals surface area (Å²) >= 11 is 0. The summed E-state index contributed by atoms with van der Waals surface area (Å²) in [4.78, 5) is 9.55. The van der Waals surface area contributed by atoms with Crippen molar-refractivity contribution in [2.45, 2.75) is 20.4 Å². The molecule has 2 atom stereocenters. The van der Waals surface area contributed by atoms with E-state index in [9.17, 15) is 0 Å². The molecule has 0 amide bonds. The van der Waals surface area contributed by atoms with E-state index < -0.39 is 0 Å². The van der Waals surface area contributed by atoms with E-state index >= 15 is 0 Å². The van der Waals surface area contributed by atoms with Gasteiger partial charge in [-0.3, -0.25) is 4.90 Å². The molecule has 0 aliphatic carbocycles. The molecular formula is C19H23N7. The monoisotopic (exact) mass is 349 g/mol. The van der Waals surface area contributed by atoms with Gasteiger partial charge in [0.2, 0.25) is 5.65 Å². The van der Waals surface area contributed by atoms with E-state index in [2.05, 4.69) is 74.5 Å². The average molecular weight is 349 g/mol. The molecule has 7 nitrogen and oxygen atoms in total. The number of rotatable bonds is 3. The lowest BCUT2D eigenvalue weighted by molar-refractivity contribution is 0.212. The van der Waals surface area contributed by atoms with Crippen LogP contribution < -0.4 is 4.90 Å². The average Bonchev–Trinajstić information content (AvgIpc) is 3.24. The van der Waals surface area contributed by atoms with Crippen molar-refractivity contribution in [3.8, 4) is 0 Å². The fraction of sp³-hybridized carbons (Fsp3) is 0.474. The number of aromatic nitrogens is 5. The molecule has 0 bridgehead atoms. The highest BCUT2D eigenvalue weighted by Gasteiger charge is 2.57. The van der Waals surface area contributed by atoms with Crippen molar-refractivity contribution in [1.82, 2.24) is 29.9 Å². The molecule has 3 aromatic rings. The van der Waals surface area contributed by atoms with Crippen LogP contribution in [-0.2, 0) is 6.54 Å². The van der Waals surface area contributed by atoms with Gasteiger partial charge in [0.05, 0.1) is 6.20 Å². The van der Waals surface area contributed by atoms with Crippen LogP contribution in [0.2, 0.25) is 0 Å². The Balaban J connectivity index is 1.39. The molecule has 134 valence electrons. The molecule has 2 aromatic heterocycles. The summed E-state index contributed by atoms with van der Waals surface area (Å²) in [5.74, 6) is 0.893. The molecule has 2 saturated heterocycles. The molecule has 2 unspecified atom stereocenters. The molecular weight excluding hydrogens is 326 g/mol. The number of benzene rings is 1. The zero-order valence-electron chi connectivity index (χ0n) is 15.2. The molecule has 1 aromatic carbocycles. The molecule has 26 heavy (non-hydrogen) atoms. The lowest BCUT2D eigenvalue weighted by atomic mass is 9.71. The van der Waals surface area contributed by atoms with Gasteiger partial charge in [-0.25, -0.2) is 4.98 Å². The summed E-state index contributed by atoms with van der Waals surface area (Å²) in [5, 5.41) is 11.9. The minimum absolute atomic E-state index is 0.226.